The first kappa shape index (κ1) is 16.0. The van der Waals surface area contributed by atoms with E-state index in [1.165, 1.54) is 6.08 Å². The third kappa shape index (κ3) is 2.53. The number of hydrazone groups is 1. The molecule has 0 spiro atoms. The molecule has 9 heteroatoms. The molecular formula is C17H16N4O5. The van der Waals surface area contributed by atoms with Crippen LogP contribution in [0.4, 0.5) is 0 Å². The lowest BCUT2D eigenvalue weighted by atomic mass is 9.99. The molecule has 0 fully saturated rings. The Morgan fingerprint density at radius 2 is 2.15 bits per heavy atom. The SMILES string of the molecule is C=CCn1c(O)c(C2=NN[C@H](c3ccc4c(c3)OCO4)C2)c(=O)[nH]c1=O. The molecule has 134 valence electrons. The average molecular weight is 356 g/mol. The van der Waals surface area contributed by atoms with Crippen molar-refractivity contribution in [1.29, 1.82) is 0 Å². The first-order valence-electron chi connectivity index (χ1n) is 7.97. The van der Waals surface area contributed by atoms with Gasteiger partial charge in [0, 0.05) is 13.0 Å². The number of aromatic nitrogens is 2. The predicted molar refractivity (Wildman–Crippen MR) is 92.8 cm³/mol. The second-order valence-electron chi connectivity index (χ2n) is 5.91. The second kappa shape index (κ2) is 6.10. The highest BCUT2D eigenvalue weighted by Crippen LogP contribution is 2.36. The Hall–Kier alpha value is -3.49. The van der Waals surface area contributed by atoms with E-state index in [1.807, 2.05) is 18.2 Å². The number of nitrogens with one attached hydrogen (secondary N) is 2. The molecule has 0 aliphatic carbocycles. The standard InChI is InChI=1S/C17H16N4O5/c1-2-5-21-16(23)14(15(22)18-17(21)24)11-7-10(19-20-11)9-3-4-12-13(6-9)26-8-25-12/h2-4,6,10,19,23H,1,5,7-8H2,(H,18,22,24)/t10-/m0/s1. The lowest BCUT2D eigenvalue weighted by molar-refractivity contribution is 0.174. The number of aromatic hydroxyl groups is 1. The van der Waals surface area contributed by atoms with Crippen molar-refractivity contribution in [3.63, 3.8) is 0 Å². The van der Waals surface area contributed by atoms with Crippen LogP contribution in [0.5, 0.6) is 17.4 Å². The van der Waals surface area contributed by atoms with Gasteiger partial charge < -0.3 is 20.0 Å². The molecule has 9 nitrogen and oxygen atoms in total. The van der Waals surface area contributed by atoms with Crippen molar-refractivity contribution in [3.8, 4) is 17.4 Å². The van der Waals surface area contributed by atoms with Crippen molar-refractivity contribution in [2.75, 3.05) is 6.79 Å². The monoisotopic (exact) mass is 356 g/mol. The smallest absolute Gasteiger partial charge is 0.331 e. The number of nitrogens with zero attached hydrogens (tertiary/aromatic N) is 2. The lowest BCUT2D eigenvalue weighted by Crippen LogP contribution is -2.33. The molecule has 0 saturated carbocycles. The summed E-state index contributed by atoms with van der Waals surface area (Å²) < 4.78 is 11.7. The molecule has 3 N–H and O–H groups in total. The molecule has 2 aromatic rings. The van der Waals surface area contributed by atoms with Crippen molar-refractivity contribution in [1.82, 2.24) is 15.0 Å². The zero-order valence-electron chi connectivity index (χ0n) is 13.7. The highest BCUT2D eigenvalue weighted by Gasteiger charge is 2.28. The molecule has 26 heavy (non-hydrogen) atoms. The van der Waals surface area contributed by atoms with Crippen LogP contribution in [0, 0.1) is 0 Å². The Morgan fingerprint density at radius 3 is 2.96 bits per heavy atom. The molecule has 1 aromatic carbocycles. The van der Waals surface area contributed by atoms with Gasteiger partial charge in [0.1, 0.15) is 5.56 Å². The molecule has 0 bridgehead atoms. The number of allylic oxidation sites excluding steroid dienone is 1. The van der Waals surface area contributed by atoms with Gasteiger partial charge >= 0.3 is 5.69 Å². The minimum absolute atomic E-state index is 0.0257. The summed E-state index contributed by atoms with van der Waals surface area (Å²) in [5.74, 6) is 0.905. The van der Waals surface area contributed by atoms with Crippen LogP contribution < -0.4 is 26.1 Å². The second-order valence-corrected chi connectivity index (χ2v) is 5.91. The van der Waals surface area contributed by atoms with Crippen LogP contribution in [0.25, 0.3) is 0 Å². The van der Waals surface area contributed by atoms with E-state index >= 15 is 0 Å². The first-order valence-corrected chi connectivity index (χ1v) is 7.97. The minimum atomic E-state index is -0.699. The highest BCUT2D eigenvalue weighted by molar-refractivity contribution is 6.03. The molecule has 0 amide bonds. The topological polar surface area (TPSA) is 118 Å². The zero-order valence-corrected chi connectivity index (χ0v) is 13.7. The third-order valence-corrected chi connectivity index (χ3v) is 4.32. The van der Waals surface area contributed by atoms with Gasteiger partial charge in [-0.3, -0.25) is 14.3 Å². The summed E-state index contributed by atoms with van der Waals surface area (Å²) in [4.78, 5) is 26.2. The van der Waals surface area contributed by atoms with Crippen LogP contribution >= 0.6 is 0 Å². The van der Waals surface area contributed by atoms with Crippen LogP contribution in [-0.4, -0.2) is 27.2 Å². The Labute approximate surface area is 147 Å². The summed E-state index contributed by atoms with van der Waals surface area (Å²) in [7, 11) is 0. The Kier molecular flexibility index (Phi) is 3.76. The molecule has 1 aromatic heterocycles. The number of hydrogen-bond donors (Lipinski definition) is 3. The van der Waals surface area contributed by atoms with Gasteiger partial charge in [0.25, 0.3) is 5.56 Å². The van der Waals surface area contributed by atoms with Crippen molar-refractivity contribution in [2.24, 2.45) is 5.10 Å². The highest BCUT2D eigenvalue weighted by atomic mass is 16.7. The number of fused-ring (bicyclic) bond motifs is 1. The molecule has 2 aliphatic heterocycles. The van der Waals surface area contributed by atoms with E-state index in [-0.39, 0.29) is 24.9 Å². The fourth-order valence-corrected chi connectivity index (χ4v) is 3.04. The van der Waals surface area contributed by atoms with E-state index in [1.54, 1.807) is 0 Å². The van der Waals surface area contributed by atoms with Gasteiger partial charge in [-0.15, -0.1) is 6.58 Å². The maximum absolute atomic E-state index is 12.2. The predicted octanol–water partition coefficient (Wildman–Crippen LogP) is 0.596. The van der Waals surface area contributed by atoms with E-state index < -0.39 is 17.1 Å². The molecule has 4 rings (SSSR count). The van der Waals surface area contributed by atoms with Gasteiger partial charge in [0.2, 0.25) is 12.7 Å². The quantitative estimate of drug-likeness (QED) is 0.691. The minimum Gasteiger partial charge on any atom is -0.494 e. The lowest BCUT2D eigenvalue weighted by Gasteiger charge is -2.11. The van der Waals surface area contributed by atoms with Gasteiger partial charge in [-0.25, -0.2) is 4.79 Å². The van der Waals surface area contributed by atoms with Crippen LogP contribution in [0.1, 0.15) is 23.6 Å². The number of ether oxygens (including phenoxy) is 2. The Bertz CT molecular complexity index is 1040. The van der Waals surface area contributed by atoms with Crippen molar-refractivity contribution >= 4 is 5.71 Å². The maximum Gasteiger partial charge on any atom is 0.331 e. The third-order valence-electron chi connectivity index (χ3n) is 4.32. The molecule has 0 unspecified atom stereocenters. The molecule has 0 radical (unpaired) electrons. The van der Waals surface area contributed by atoms with E-state index in [2.05, 4.69) is 22.1 Å². The fourth-order valence-electron chi connectivity index (χ4n) is 3.04. The molecular weight excluding hydrogens is 340 g/mol. The number of aromatic amines is 1. The number of hydrogen-bond acceptors (Lipinski definition) is 7. The van der Waals surface area contributed by atoms with E-state index in [0.717, 1.165) is 10.1 Å². The summed E-state index contributed by atoms with van der Waals surface area (Å²) in [6.07, 6.45) is 1.82. The molecule has 2 aliphatic rings. The van der Waals surface area contributed by atoms with Crippen LogP contribution in [0.2, 0.25) is 0 Å². The molecule has 0 saturated heterocycles. The number of rotatable bonds is 4. The van der Waals surface area contributed by atoms with Gasteiger partial charge in [0.15, 0.2) is 11.5 Å². The summed E-state index contributed by atoms with van der Waals surface area (Å²) in [6.45, 7) is 3.80. The number of benzene rings is 1. The summed E-state index contributed by atoms with van der Waals surface area (Å²) in [5, 5.41) is 14.6. The van der Waals surface area contributed by atoms with Gasteiger partial charge in [-0.1, -0.05) is 12.1 Å². The van der Waals surface area contributed by atoms with Crippen LogP contribution in [0.15, 0.2) is 45.5 Å². The Morgan fingerprint density at radius 1 is 1.35 bits per heavy atom. The average Bonchev–Trinajstić information content (AvgIpc) is 3.27. The van der Waals surface area contributed by atoms with E-state index in [9.17, 15) is 14.7 Å². The van der Waals surface area contributed by atoms with Gasteiger partial charge in [0.05, 0.1) is 11.8 Å². The van der Waals surface area contributed by atoms with Crippen molar-refractivity contribution in [3.05, 3.63) is 62.8 Å². The summed E-state index contributed by atoms with van der Waals surface area (Å²) in [6, 6.07) is 5.34. The van der Waals surface area contributed by atoms with Crippen LogP contribution in [-0.2, 0) is 6.54 Å². The Balaban J connectivity index is 1.65. The largest absolute Gasteiger partial charge is 0.494 e. The van der Waals surface area contributed by atoms with Crippen LogP contribution in [0.3, 0.4) is 0 Å². The fraction of sp³-hybridized carbons (Fsp3) is 0.235. The van der Waals surface area contributed by atoms with Gasteiger partial charge in [-0.2, -0.15) is 5.10 Å². The molecule has 1 atom stereocenters. The maximum atomic E-state index is 12.2. The summed E-state index contributed by atoms with van der Waals surface area (Å²) >= 11 is 0. The van der Waals surface area contributed by atoms with Crippen molar-refractivity contribution < 1.29 is 14.6 Å². The number of H-pyrrole nitrogens is 1. The first-order chi connectivity index (χ1) is 12.6. The zero-order chi connectivity index (χ0) is 18.3. The normalized spacial score (nSPS) is 17.7. The van der Waals surface area contributed by atoms with Gasteiger partial charge in [-0.05, 0) is 17.7 Å². The van der Waals surface area contributed by atoms with E-state index in [4.69, 9.17) is 9.47 Å². The van der Waals surface area contributed by atoms with E-state index in [0.29, 0.717) is 23.6 Å². The van der Waals surface area contributed by atoms with Crippen molar-refractivity contribution in [2.45, 2.75) is 19.0 Å². The molecule has 3 heterocycles. The summed E-state index contributed by atoms with van der Waals surface area (Å²) in [5.41, 5.74) is 2.82.